The highest BCUT2D eigenvalue weighted by Crippen LogP contribution is 2.16. The molecule has 0 radical (unpaired) electrons. The van der Waals surface area contributed by atoms with Crippen LogP contribution in [0.15, 0.2) is 0 Å². The van der Waals surface area contributed by atoms with E-state index in [1.807, 2.05) is 4.90 Å². The number of carbonyl (C=O) groups is 1. The third-order valence-corrected chi connectivity index (χ3v) is 4.01. The van der Waals surface area contributed by atoms with Gasteiger partial charge in [-0.05, 0) is 32.2 Å². The summed E-state index contributed by atoms with van der Waals surface area (Å²) in [5, 5.41) is 8.96. The first-order chi connectivity index (χ1) is 8.79. The van der Waals surface area contributed by atoms with Crippen LogP contribution in [0.5, 0.6) is 0 Å². The minimum atomic E-state index is 0.121. The molecule has 0 saturated carbocycles. The second-order valence-electron chi connectivity index (χ2n) is 5.50. The molecule has 2 fully saturated rings. The van der Waals surface area contributed by atoms with E-state index in [9.17, 15) is 4.79 Å². The summed E-state index contributed by atoms with van der Waals surface area (Å²) >= 11 is 0. The molecule has 0 spiro atoms. The normalized spacial score (nSPS) is 26.4. The predicted octanol–water partition coefficient (Wildman–Crippen LogP) is 1.62. The summed E-state index contributed by atoms with van der Waals surface area (Å²) in [4.78, 5) is 16.4. The predicted molar refractivity (Wildman–Crippen MR) is 69.8 cm³/mol. The monoisotopic (exact) mass is 249 g/mol. The summed E-state index contributed by atoms with van der Waals surface area (Å²) in [7, 11) is 0. The first-order valence-corrected chi connectivity index (χ1v) is 7.19. The van der Waals surface area contributed by atoms with Gasteiger partial charge in [-0.25, -0.2) is 0 Å². The number of hydrogen-bond donors (Lipinski definition) is 0. The summed E-state index contributed by atoms with van der Waals surface area (Å²) in [6.45, 7) is 4.11. The van der Waals surface area contributed by atoms with Gasteiger partial charge in [0.25, 0.3) is 0 Å². The van der Waals surface area contributed by atoms with Gasteiger partial charge in [0.1, 0.15) is 0 Å². The molecule has 2 saturated heterocycles. The molecule has 0 aromatic heterocycles. The average Bonchev–Trinajstić information content (AvgIpc) is 2.68. The number of hydrogen-bond acceptors (Lipinski definition) is 3. The fourth-order valence-electron chi connectivity index (χ4n) is 2.92. The number of amides is 1. The molecule has 0 bridgehead atoms. The van der Waals surface area contributed by atoms with E-state index in [1.54, 1.807) is 0 Å². The van der Waals surface area contributed by atoms with Crippen LogP contribution in [0.4, 0.5) is 0 Å². The SMILES string of the molecule is N#CC1CCCN(CC(=O)N2CCCCCC2)C1. The third-order valence-electron chi connectivity index (χ3n) is 4.01. The zero-order valence-electron chi connectivity index (χ0n) is 11.1. The van der Waals surface area contributed by atoms with Gasteiger partial charge in [-0.1, -0.05) is 12.8 Å². The van der Waals surface area contributed by atoms with Crippen LogP contribution < -0.4 is 0 Å². The fourth-order valence-corrected chi connectivity index (χ4v) is 2.92. The molecular formula is C14H23N3O. The fraction of sp³-hybridized carbons (Fsp3) is 0.857. The molecule has 2 aliphatic rings. The van der Waals surface area contributed by atoms with E-state index in [0.717, 1.165) is 51.9 Å². The van der Waals surface area contributed by atoms with Crippen LogP contribution in [-0.2, 0) is 4.79 Å². The summed E-state index contributed by atoms with van der Waals surface area (Å²) in [6.07, 6.45) is 6.84. The second-order valence-corrected chi connectivity index (χ2v) is 5.50. The highest BCUT2D eigenvalue weighted by atomic mass is 16.2. The molecule has 0 aromatic rings. The Kier molecular flexibility index (Phi) is 5.00. The molecule has 1 unspecified atom stereocenters. The van der Waals surface area contributed by atoms with Gasteiger partial charge in [-0.2, -0.15) is 5.26 Å². The molecule has 0 N–H and O–H groups in total. The maximum absolute atomic E-state index is 12.2. The van der Waals surface area contributed by atoms with Crippen molar-refractivity contribution in [2.24, 2.45) is 5.92 Å². The lowest BCUT2D eigenvalue weighted by atomic mass is 10.00. The maximum Gasteiger partial charge on any atom is 0.236 e. The third kappa shape index (κ3) is 3.71. The largest absolute Gasteiger partial charge is 0.342 e. The zero-order chi connectivity index (χ0) is 12.8. The first kappa shape index (κ1) is 13.4. The van der Waals surface area contributed by atoms with Gasteiger partial charge >= 0.3 is 0 Å². The minimum Gasteiger partial charge on any atom is -0.342 e. The van der Waals surface area contributed by atoms with Crippen molar-refractivity contribution in [2.75, 3.05) is 32.7 Å². The van der Waals surface area contributed by atoms with Gasteiger partial charge in [0.2, 0.25) is 5.91 Å². The number of nitrogens with zero attached hydrogens (tertiary/aromatic N) is 3. The Morgan fingerprint density at radius 3 is 2.50 bits per heavy atom. The van der Waals surface area contributed by atoms with Crippen LogP contribution in [0.2, 0.25) is 0 Å². The number of rotatable bonds is 2. The van der Waals surface area contributed by atoms with Crippen molar-refractivity contribution >= 4 is 5.91 Å². The van der Waals surface area contributed by atoms with Crippen molar-refractivity contribution in [3.63, 3.8) is 0 Å². The summed E-state index contributed by atoms with van der Waals surface area (Å²) in [5.74, 6) is 0.381. The molecule has 100 valence electrons. The van der Waals surface area contributed by atoms with Gasteiger partial charge in [-0.3, -0.25) is 9.69 Å². The molecule has 2 rings (SSSR count). The van der Waals surface area contributed by atoms with E-state index >= 15 is 0 Å². The molecule has 1 amide bonds. The molecule has 4 heteroatoms. The van der Waals surface area contributed by atoms with Crippen LogP contribution >= 0.6 is 0 Å². The Balaban J connectivity index is 1.80. The van der Waals surface area contributed by atoms with Crippen LogP contribution in [-0.4, -0.2) is 48.4 Å². The van der Waals surface area contributed by atoms with E-state index in [-0.39, 0.29) is 11.8 Å². The number of likely N-dealkylation sites (tertiary alicyclic amines) is 2. The lowest BCUT2D eigenvalue weighted by molar-refractivity contribution is -0.132. The van der Waals surface area contributed by atoms with Crippen LogP contribution in [0.3, 0.4) is 0 Å². The smallest absolute Gasteiger partial charge is 0.236 e. The summed E-state index contributed by atoms with van der Waals surface area (Å²) in [5.41, 5.74) is 0. The zero-order valence-corrected chi connectivity index (χ0v) is 11.1. The Labute approximate surface area is 110 Å². The highest BCUT2D eigenvalue weighted by Gasteiger charge is 2.23. The van der Waals surface area contributed by atoms with E-state index in [4.69, 9.17) is 5.26 Å². The lowest BCUT2D eigenvalue weighted by Gasteiger charge is -2.31. The van der Waals surface area contributed by atoms with E-state index in [2.05, 4.69) is 11.0 Å². The summed E-state index contributed by atoms with van der Waals surface area (Å²) in [6, 6.07) is 2.33. The van der Waals surface area contributed by atoms with Crippen molar-refractivity contribution in [2.45, 2.75) is 38.5 Å². The van der Waals surface area contributed by atoms with Crippen molar-refractivity contribution in [3.8, 4) is 6.07 Å². The van der Waals surface area contributed by atoms with Crippen LogP contribution in [0.25, 0.3) is 0 Å². The summed E-state index contributed by atoms with van der Waals surface area (Å²) < 4.78 is 0. The Hall–Kier alpha value is -1.08. The topological polar surface area (TPSA) is 47.3 Å². The molecule has 2 heterocycles. The molecule has 0 aromatic carbocycles. The Morgan fingerprint density at radius 1 is 1.11 bits per heavy atom. The van der Waals surface area contributed by atoms with Gasteiger partial charge in [0.15, 0.2) is 0 Å². The standard InChI is InChI=1S/C14H23N3O/c15-10-13-6-5-7-16(11-13)12-14(18)17-8-3-1-2-4-9-17/h13H,1-9,11-12H2. The van der Waals surface area contributed by atoms with E-state index in [0.29, 0.717) is 6.54 Å². The first-order valence-electron chi connectivity index (χ1n) is 7.19. The van der Waals surface area contributed by atoms with Crippen molar-refractivity contribution in [1.29, 1.82) is 5.26 Å². The second kappa shape index (κ2) is 6.75. The van der Waals surface area contributed by atoms with E-state index < -0.39 is 0 Å². The highest BCUT2D eigenvalue weighted by molar-refractivity contribution is 5.78. The molecule has 0 aliphatic carbocycles. The number of piperidine rings is 1. The Bertz CT molecular complexity index is 315. The van der Waals surface area contributed by atoms with Gasteiger partial charge in [-0.15, -0.1) is 0 Å². The van der Waals surface area contributed by atoms with Crippen LogP contribution in [0.1, 0.15) is 38.5 Å². The lowest BCUT2D eigenvalue weighted by Crippen LogP contribution is -2.44. The van der Waals surface area contributed by atoms with Gasteiger partial charge in [0.05, 0.1) is 18.5 Å². The number of carbonyl (C=O) groups excluding carboxylic acids is 1. The maximum atomic E-state index is 12.2. The molecule has 18 heavy (non-hydrogen) atoms. The van der Waals surface area contributed by atoms with Gasteiger partial charge < -0.3 is 4.90 Å². The van der Waals surface area contributed by atoms with Crippen molar-refractivity contribution < 1.29 is 4.79 Å². The van der Waals surface area contributed by atoms with Crippen molar-refractivity contribution in [3.05, 3.63) is 0 Å². The average molecular weight is 249 g/mol. The Morgan fingerprint density at radius 2 is 1.83 bits per heavy atom. The van der Waals surface area contributed by atoms with Crippen LogP contribution in [0, 0.1) is 17.2 Å². The molecule has 2 aliphatic heterocycles. The number of nitriles is 1. The quantitative estimate of drug-likeness (QED) is 0.747. The van der Waals surface area contributed by atoms with E-state index in [1.165, 1.54) is 12.8 Å². The molecule has 1 atom stereocenters. The minimum absolute atomic E-state index is 0.121. The van der Waals surface area contributed by atoms with Gasteiger partial charge in [0, 0.05) is 19.6 Å². The van der Waals surface area contributed by atoms with Crippen molar-refractivity contribution in [1.82, 2.24) is 9.80 Å². The molecular weight excluding hydrogens is 226 g/mol. The molecule has 4 nitrogen and oxygen atoms in total.